The van der Waals surface area contributed by atoms with E-state index >= 15 is 0 Å². The number of ether oxygens (including phenoxy) is 4. The zero-order valence-corrected chi connectivity index (χ0v) is 23.6. The van der Waals surface area contributed by atoms with Gasteiger partial charge in [-0.3, -0.25) is 0 Å². The number of amides is 2. The number of carbonyl (C=O) groups excluding carboxylic acids is 3. The van der Waals surface area contributed by atoms with Crippen molar-refractivity contribution in [3.63, 3.8) is 0 Å². The van der Waals surface area contributed by atoms with E-state index in [1.807, 2.05) is 44.2 Å². The summed E-state index contributed by atoms with van der Waals surface area (Å²) in [5.41, 5.74) is 0.797. The van der Waals surface area contributed by atoms with E-state index in [-0.39, 0.29) is 36.9 Å². The smallest absolute Gasteiger partial charge is 0.342 e. The van der Waals surface area contributed by atoms with Gasteiger partial charge in [0.2, 0.25) is 0 Å². The summed E-state index contributed by atoms with van der Waals surface area (Å²) in [6.07, 6.45) is -1.51. The highest BCUT2D eigenvalue weighted by Crippen LogP contribution is 2.27. The monoisotopic (exact) mass is 564 g/mol. The number of para-hydroxylation sites is 4. The van der Waals surface area contributed by atoms with Gasteiger partial charge in [0.1, 0.15) is 6.04 Å². The third kappa shape index (κ3) is 9.25. The van der Waals surface area contributed by atoms with Gasteiger partial charge in [-0.15, -0.1) is 0 Å². The second kappa shape index (κ2) is 15.3. The van der Waals surface area contributed by atoms with Crippen molar-refractivity contribution in [2.75, 3.05) is 27.3 Å². The molecule has 0 aliphatic heterocycles. The van der Waals surface area contributed by atoms with E-state index in [0.29, 0.717) is 11.5 Å². The lowest BCUT2D eigenvalue weighted by molar-refractivity contribution is -0.144. The molecule has 0 spiro atoms. The Morgan fingerprint density at radius 2 is 1.22 bits per heavy atom. The first-order valence-corrected chi connectivity index (χ1v) is 13.2. The van der Waals surface area contributed by atoms with E-state index in [1.54, 1.807) is 42.5 Å². The average molecular weight is 565 g/mol. The molecule has 0 saturated carbocycles. The van der Waals surface area contributed by atoms with Gasteiger partial charge in [0.05, 0.1) is 20.8 Å². The number of esters is 2. The minimum atomic E-state index is -1.66. The standard InChI is InChI=1S/C31H36N2O8/c1-21(2)19-33(20-24(34)30(36)41-28-17-11-9-15-26(28)39-4)31(37)32-23(18-22-12-6-5-7-13-22)29(35)40-27-16-10-8-14-25(27)38-3/h5-17,21,23-24,34H,18-20H2,1-4H3,(H,32,37)/t23-,24?/m0/s1. The molecule has 3 aromatic rings. The summed E-state index contributed by atoms with van der Waals surface area (Å²) in [5, 5.41) is 13.4. The van der Waals surface area contributed by atoms with Crippen LogP contribution in [0, 0.1) is 5.92 Å². The van der Waals surface area contributed by atoms with E-state index in [9.17, 15) is 19.5 Å². The Kier molecular flexibility index (Phi) is 11.5. The first kappa shape index (κ1) is 31.0. The second-order valence-electron chi connectivity index (χ2n) is 9.65. The molecule has 1 unspecified atom stereocenters. The topological polar surface area (TPSA) is 124 Å². The van der Waals surface area contributed by atoms with Gasteiger partial charge >= 0.3 is 18.0 Å². The molecule has 3 aromatic carbocycles. The average Bonchev–Trinajstić information content (AvgIpc) is 2.97. The highest BCUT2D eigenvalue weighted by molar-refractivity contribution is 5.86. The SMILES string of the molecule is COc1ccccc1OC(=O)C(O)CN(CC(C)C)C(=O)N[C@@H](Cc1ccccc1)C(=O)Oc1ccccc1OC. The molecule has 10 nitrogen and oxygen atoms in total. The van der Waals surface area contributed by atoms with Crippen molar-refractivity contribution in [1.29, 1.82) is 0 Å². The van der Waals surface area contributed by atoms with Crippen LogP contribution in [-0.4, -0.2) is 67.4 Å². The minimum Gasteiger partial charge on any atom is -0.493 e. The molecule has 2 N–H and O–H groups in total. The van der Waals surface area contributed by atoms with E-state index < -0.39 is 30.1 Å². The van der Waals surface area contributed by atoms with Gasteiger partial charge in [-0.05, 0) is 35.7 Å². The number of aliphatic hydroxyl groups is 1. The van der Waals surface area contributed by atoms with Crippen molar-refractivity contribution in [1.82, 2.24) is 10.2 Å². The second-order valence-corrected chi connectivity index (χ2v) is 9.65. The van der Waals surface area contributed by atoms with Crippen LogP contribution < -0.4 is 24.3 Å². The molecule has 0 aliphatic carbocycles. The lowest BCUT2D eigenvalue weighted by Gasteiger charge is -2.28. The molecule has 218 valence electrons. The maximum absolute atomic E-state index is 13.5. The van der Waals surface area contributed by atoms with Gasteiger partial charge in [-0.25, -0.2) is 14.4 Å². The molecule has 0 aliphatic rings. The minimum absolute atomic E-state index is 0.00806. The number of aliphatic hydroxyl groups excluding tert-OH is 1. The fourth-order valence-corrected chi connectivity index (χ4v) is 4.01. The number of methoxy groups -OCH3 is 2. The molecule has 0 heterocycles. The zero-order valence-electron chi connectivity index (χ0n) is 23.6. The molecule has 0 saturated heterocycles. The number of nitrogens with zero attached hydrogens (tertiary/aromatic N) is 1. The highest BCUT2D eigenvalue weighted by atomic mass is 16.6. The summed E-state index contributed by atoms with van der Waals surface area (Å²) in [7, 11) is 2.90. The summed E-state index contributed by atoms with van der Waals surface area (Å²) in [5.74, 6) is -0.626. The molecular formula is C31H36N2O8. The number of hydrogen-bond donors (Lipinski definition) is 2. The van der Waals surface area contributed by atoms with Gasteiger partial charge in [0.15, 0.2) is 29.1 Å². The maximum atomic E-state index is 13.5. The predicted molar refractivity (Wildman–Crippen MR) is 152 cm³/mol. The van der Waals surface area contributed by atoms with Crippen molar-refractivity contribution in [2.45, 2.75) is 32.4 Å². The number of carbonyl (C=O) groups is 3. The summed E-state index contributed by atoms with van der Waals surface area (Å²) in [6.45, 7) is 3.61. The molecule has 2 amide bonds. The maximum Gasteiger partial charge on any atom is 0.342 e. The number of nitrogens with one attached hydrogen (secondary N) is 1. The Morgan fingerprint density at radius 3 is 1.73 bits per heavy atom. The Balaban J connectivity index is 1.77. The fraction of sp³-hybridized carbons (Fsp3) is 0.323. The van der Waals surface area contributed by atoms with E-state index in [0.717, 1.165) is 5.56 Å². The molecule has 0 fully saturated rings. The summed E-state index contributed by atoms with van der Waals surface area (Å²) in [6, 6.07) is 20.6. The lowest BCUT2D eigenvalue weighted by Crippen LogP contribution is -2.53. The molecule has 41 heavy (non-hydrogen) atoms. The van der Waals surface area contributed by atoms with Gasteiger partial charge in [0.25, 0.3) is 0 Å². The largest absolute Gasteiger partial charge is 0.493 e. The van der Waals surface area contributed by atoms with Crippen LogP contribution in [0.5, 0.6) is 23.0 Å². The Labute approximate surface area is 239 Å². The number of hydrogen-bond acceptors (Lipinski definition) is 8. The van der Waals surface area contributed by atoms with Crippen LogP contribution in [0.15, 0.2) is 78.9 Å². The van der Waals surface area contributed by atoms with Gasteiger partial charge < -0.3 is 34.3 Å². The van der Waals surface area contributed by atoms with E-state index in [1.165, 1.54) is 25.2 Å². The normalized spacial score (nSPS) is 12.1. The Hall–Kier alpha value is -4.57. The Bertz CT molecular complexity index is 1300. The van der Waals surface area contributed by atoms with E-state index in [4.69, 9.17) is 18.9 Å². The van der Waals surface area contributed by atoms with E-state index in [2.05, 4.69) is 5.32 Å². The van der Waals surface area contributed by atoms with Crippen LogP contribution in [0.2, 0.25) is 0 Å². The van der Waals surface area contributed by atoms with Crippen LogP contribution in [-0.2, 0) is 16.0 Å². The van der Waals surface area contributed by atoms with Crippen LogP contribution >= 0.6 is 0 Å². The zero-order chi connectivity index (χ0) is 29.8. The van der Waals surface area contributed by atoms with Crippen molar-refractivity contribution in [3.05, 3.63) is 84.4 Å². The van der Waals surface area contributed by atoms with Gasteiger partial charge in [0, 0.05) is 13.0 Å². The van der Waals surface area contributed by atoms with Crippen molar-refractivity contribution < 1.29 is 38.4 Å². The van der Waals surface area contributed by atoms with Crippen LogP contribution in [0.3, 0.4) is 0 Å². The van der Waals surface area contributed by atoms with Gasteiger partial charge in [-0.1, -0.05) is 68.4 Å². The predicted octanol–water partition coefficient (Wildman–Crippen LogP) is 3.85. The number of benzene rings is 3. The highest BCUT2D eigenvalue weighted by Gasteiger charge is 2.30. The summed E-state index contributed by atoms with van der Waals surface area (Å²) in [4.78, 5) is 40.7. The van der Waals surface area contributed by atoms with Crippen molar-refractivity contribution in [3.8, 4) is 23.0 Å². The third-order valence-corrected chi connectivity index (χ3v) is 5.96. The fourth-order valence-electron chi connectivity index (χ4n) is 4.01. The molecule has 3 rings (SSSR count). The van der Waals surface area contributed by atoms with Crippen LogP contribution in [0.25, 0.3) is 0 Å². The molecular weight excluding hydrogens is 528 g/mol. The Morgan fingerprint density at radius 1 is 0.732 bits per heavy atom. The van der Waals surface area contributed by atoms with Crippen LogP contribution in [0.1, 0.15) is 19.4 Å². The third-order valence-electron chi connectivity index (χ3n) is 5.96. The molecule has 0 aromatic heterocycles. The summed E-state index contributed by atoms with van der Waals surface area (Å²) >= 11 is 0. The quantitative estimate of drug-likeness (QED) is 0.237. The number of urea groups is 1. The molecule has 2 atom stereocenters. The molecule has 0 radical (unpaired) electrons. The van der Waals surface area contributed by atoms with Crippen molar-refractivity contribution in [2.24, 2.45) is 5.92 Å². The van der Waals surface area contributed by atoms with Crippen LogP contribution in [0.4, 0.5) is 4.79 Å². The van der Waals surface area contributed by atoms with Crippen molar-refractivity contribution >= 4 is 18.0 Å². The number of rotatable bonds is 13. The molecule has 0 bridgehead atoms. The van der Waals surface area contributed by atoms with Gasteiger partial charge in [-0.2, -0.15) is 0 Å². The summed E-state index contributed by atoms with van der Waals surface area (Å²) < 4.78 is 21.4. The first-order chi connectivity index (χ1) is 19.7. The first-order valence-electron chi connectivity index (χ1n) is 13.2. The lowest BCUT2D eigenvalue weighted by atomic mass is 10.1. The molecule has 10 heteroatoms.